The van der Waals surface area contributed by atoms with Gasteiger partial charge in [-0.15, -0.1) is 0 Å². The quantitative estimate of drug-likeness (QED) is 0.516. The van der Waals surface area contributed by atoms with Gasteiger partial charge in [0.2, 0.25) is 0 Å². The zero-order valence-electron chi connectivity index (χ0n) is 12.6. The van der Waals surface area contributed by atoms with Crippen molar-refractivity contribution in [1.29, 1.82) is 0 Å². The summed E-state index contributed by atoms with van der Waals surface area (Å²) in [6.07, 6.45) is 0. The molecule has 0 aliphatic carbocycles. The van der Waals surface area contributed by atoms with Crippen molar-refractivity contribution in [3.05, 3.63) is 69.5 Å². The molecule has 0 spiro atoms. The van der Waals surface area contributed by atoms with Crippen LogP contribution in [0.15, 0.2) is 42.5 Å². The molecule has 0 aliphatic heterocycles. The lowest BCUT2D eigenvalue weighted by molar-refractivity contribution is -0.384. The van der Waals surface area contributed by atoms with Crippen LogP contribution in [0.5, 0.6) is 0 Å². The fourth-order valence-electron chi connectivity index (χ4n) is 1.81. The summed E-state index contributed by atoms with van der Waals surface area (Å²) in [7, 11) is 0. The van der Waals surface area contributed by atoms with E-state index < -0.39 is 29.2 Å². The van der Waals surface area contributed by atoms with Crippen LogP contribution >= 0.6 is 0 Å². The first-order chi connectivity index (χ1) is 11.4. The molecular weight excluding hydrogens is 319 g/mol. The number of nitro groups is 1. The lowest BCUT2D eigenvalue weighted by atomic mass is 10.1. The Morgan fingerprint density at radius 3 is 2.50 bits per heavy atom. The molecule has 0 heterocycles. The first-order valence-electron chi connectivity index (χ1n) is 6.84. The predicted octanol–water partition coefficient (Wildman–Crippen LogP) is 2.84. The van der Waals surface area contributed by atoms with Crippen molar-refractivity contribution in [2.75, 3.05) is 11.9 Å². The van der Waals surface area contributed by atoms with E-state index in [-0.39, 0.29) is 16.9 Å². The Hall–Kier alpha value is -3.29. The number of nitrogens with one attached hydrogen (secondary N) is 1. The highest BCUT2D eigenvalue weighted by atomic mass is 19.1. The number of hydrogen-bond donors (Lipinski definition) is 1. The molecule has 0 unspecified atom stereocenters. The van der Waals surface area contributed by atoms with Crippen molar-refractivity contribution in [2.45, 2.75) is 6.92 Å². The second-order valence-electron chi connectivity index (χ2n) is 4.91. The van der Waals surface area contributed by atoms with E-state index in [0.29, 0.717) is 0 Å². The minimum atomic E-state index is -0.834. The Labute approximate surface area is 136 Å². The van der Waals surface area contributed by atoms with Crippen molar-refractivity contribution in [3.63, 3.8) is 0 Å². The normalized spacial score (nSPS) is 10.1. The largest absolute Gasteiger partial charge is 0.452 e. The Morgan fingerprint density at radius 2 is 1.88 bits per heavy atom. The number of anilines is 1. The van der Waals surface area contributed by atoms with Crippen molar-refractivity contribution < 1.29 is 23.6 Å². The maximum Gasteiger partial charge on any atom is 0.338 e. The van der Waals surface area contributed by atoms with Gasteiger partial charge in [0.15, 0.2) is 6.61 Å². The van der Waals surface area contributed by atoms with Crippen molar-refractivity contribution in [2.24, 2.45) is 0 Å². The lowest BCUT2D eigenvalue weighted by Gasteiger charge is -2.07. The van der Waals surface area contributed by atoms with Gasteiger partial charge >= 0.3 is 5.97 Å². The maximum absolute atomic E-state index is 13.5. The van der Waals surface area contributed by atoms with E-state index >= 15 is 0 Å². The van der Waals surface area contributed by atoms with Crippen LogP contribution in [0.3, 0.4) is 0 Å². The molecule has 0 fully saturated rings. The molecule has 2 aromatic carbocycles. The Morgan fingerprint density at radius 1 is 1.21 bits per heavy atom. The van der Waals surface area contributed by atoms with Gasteiger partial charge in [-0.25, -0.2) is 9.18 Å². The van der Waals surface area contributed by atoms with E-state index in [1.807, 2.05) is 6.92 Å². The van der Waals surface area contributed by atoms with Gasteiger partial charge in [-0.2, -0.15) is 0 Å². The van der Waals surface area contributed by atoms with Crippen molar-refractivity contribution in [3.8, 4) is 0 Å². The van der Waals surface area contributed by atoms with Crippen LogP contribution in [0.2, 0.25) is 0 Å². The average molecular weight is 332 g/mol. The molecule has 1 amide bonds. The van der Waals surface area contributed by atoms with E-state index in [1.165, 1.54) is 0 Å². The number of aryl methyl sites for hydroxylation is 1. The molecule has 2 aromatic rings. The Bertz CT molecular complexity index is 790. The fraction of sp³-hybridized carbons (Fsp3) is 0.125. The van der Waals surface area contributed by atoms with Gasteiger partial charge in [-0.3, -0.25) is 14.9 Å². The molecule has 0 aliphatic rings. The molecule has 2 rings (SSSR count). The first-order valence-corrected chi connectivity index (χ1v) is 6.84. The number of esters is 1. The summed E-state index contributed by atoms with van der Waals surface area (Å²) in [5.74, 6) is -2.35. The molecule has 24 heavy (non-hydrogen) atoms. The maximum atomic E-state index is 13.5. The molecule has 0 aromatic heterocycles. The summed E-state index contributed by atoms with van der Waals surface area (Å²) in [6, 6.07) is 9.26. The SMILES string of the molecule is Cc1ccc(C(=O)OCC(=O)Nc2cc([N+](=O)[O-])ccc2F)cc1. The van der Waals surface area contributed by atoms with Crippen molar-refractivity contribution >= 4 is 23.3 Å². The number of rotatable bonds is 5. The number of halogens is 1. The van der Waals surface area contributed by atoms with Gasteiger partial charge in [0, 0.05) is 12.1 Å². The minimum Gasteiger partial charge on any atom is -0.452 e. The summed E-state index contributed by atoms with van der Waals surface area (Å²) in [6.45, 7) is 1.21. The van der Waals surface area contributed by atoms with Gasteiger partial charge in [-0.1, -0.05) is 17.7 Å². The fourth-order valence-corrected chi connectivity index (χ4v) is 1.81. The van der Waals surface area contributed by atoms with E-state index in [9.17, 15) is 24.1 Å². The second kappa shape index (κ2) is 7.32. The molecule has 1 N–H and O–H groups in total. The van der Waals surface area contributed by atoms with E-state index in [0.717, 1.165) is 23.8 Å². The van der Waals surface area contributed by atoms with Crippen LogP contribution in [0.1, 0.15) is 15.9 Å². The van der Waals surface area contributed by atoms with Crippen molar-refractivity contribution in [1.82, 2.24) is 0 Å². The van der Waals surface area contributed by atoms with Gasteiger partial charge in [0.1, 0.15) is 5.82 Å². The third kappa shape index (κ3) is 4.35. The molecular formula is C16H13FN2O5. The first kappa shape index (κ1) is 17.1. The second-order valence-corrected chi connectivity index (χ2v) is 4.91. The average Bonchev–Trinajstić information content (AvgIpc) is 2.55. The van der Waals surface area contributed by atoms with E-state index in [1.54, 1.807) is 24.3 Å². The van der Waals surface area contributed by atoms with Crippen LogP contribution < -0.4 is 5.32 Å². The molecule has 124 valence electrons. The number of nitrogens with zero attached hydrogens (tertiary/aromatic N) is 1. The molecule has 0 radical (unpaired) electrons. The van der Waals surface area contributed by atoms with Crippen LogP contribution in [0, 0.1) is 22.9 Å². The number of benzene rings is 2. The number of non-ortho nitro benzene ring substituents is 1. The Balaban J connectivity index is 1.96. The highest BCUT2D eigenvalue weighted by Crippen LogP contribution is 2.21. The topological polar surface area (TPSA) is 98.5 Å². The number of carbonyl (C=O) groups excluding carboxylic acids is 2. The smallest absolute Gasteiger partial charge is 0.338 e. The zero-order chi connectivity index (χ0) is 17.7. The third-order valence-electron chi connectivity index (χ3n) is 3.06. The Kier molecular flexibility index (Phi) is 5.20. The van der Waals surface area contributed by atoms with E-state index in [4.69, 9.17) is 4.74 Å². The third-order valence-corrected chi connectivity index (χ3v) is 3.06. The summed E-state index contributed by atoms with van der Waals surface area (Å²) in [5.41, 5.74) is 0.504. The number of carbonyl (C=O) groups is 2. The van der Waals surface area contributed by atoms with Gasteiger partial charge in [-0.05, 0) is 25.1 Å². The van der Waals surface area contributed by atoms with Crippen LogP contribution in [-0.4, -0.2) is 23.4 Å². The summed E-state index contributed by atoms with van der Waals surface area (Å²) < 4.78 is 18.4. The van der Waals surface area contributed by atoms with Gasteiger partial charge < -0.3 is 10.1 Å². The van der Waals surface area contributed by atoms with Crippen LogP contribution in [0.25, 0.3) is 0 Å². The molecule has 7 nitrogen and oxygen atoms in total. The number of nitro benzene ring substituents is 1. The molecule has 8 heteroatoms. The number of ether oxygens (including phenoxy) is 1. The van der Waals surface area contributed by atoms with Crippen LogP contribution in [-0.2, 0) is 9.53 Å². The van der Waals surface area contributed by atoms with Gasteiger partial charge in [0.05, 0.1) is 16.2 Å². The monoisotopic (exact) mass is 332 g/mol. The van der Waals surface area contributed by atoms with Gasteiger partial charge in [0.25, 0.3) is 11.6 Å². The summed E-state index contributed by atoms with van der Waals surface area (Å²) in [4.78, 5) is 33.4. The minimum absolute atomic E-state index is 0.273. The van der Waals surface area contributed by atoms with E-state index in [2.05, 4.69) is 5.32 Å². The highest BCUT2D eigenvalue weighted by Gasteiger charge is 2.15. The zero-order valence-corrected chi connectivity index (χ0v) is 12.6. The number of amides is 1. The molecule has 0 saturated carbocycles. The van der Waals surface area contributed by atoms with Crippen LogP contribution in [0.4, 0.5) is 15.8 Å². The molecule has 0 bridgehead atoms. The highest BCUT2D eigenvalue weighted by molar-refractivity contribution is 5.95. The summed E-state index contributed by atoms with van der Waals surface area (Å²) >= 11 is 0. The number of hydrogen-bond acceptors (Lipinski definition) is 5. The standard InChI is InChI=1S/C16H13FN2O5/c1-10-2-4-11(5-3-10)16(21)24-9-15(20)18-14-8-12(19(22)23)6-7-13(14)17/h2-8H,9H2,1H3,(H,18,20). The predicted molar refractivity (Wildman–Crippen MR) is 83.1 cm³/mol. The molecule has 0 saturated heterocycles. The summed E-state index contributed by atoms with van der Waals surface area (Å²) in [5, 5.41) is 12.8. The lowest BCUT2D eigenvalue weighted by Crippen LogP contribution is -2.21. The molecule has 0 atom stereocenters.